The third-order valence-corrected chi connectivity index (χ3v) is 5.71. The van der Waals surface area contributed by atoms with Crippen LogP contribution in [0.5, 0.6) is 11.5 Å². The van der Waals surface area contributed by atoms with Crippen LogP contribution in [0.1, 0.15) is 25.0 Å². The van der Waals surface area contributed by atoms with Gasteiger partial charge in [0.25, 0.3) is 0 Å². The molecule has 168 valence electrons. The topological polar surface area (TPSA) is 37.0 Å². The summed E-state index contributed by atoms with van der Waals surface area (Å²) in [5.74, 6) is 1.43. The van der Waals surface area contributed by atoms with Crippen LogP contribution < -0.4 is 14.8 Å². The van der Waals surface area contributed by atoms with E-state index in [-0.39, 0.29) is 5.82 Å². The molecular weight excluding hydrogens is 413 g/mol. The zero-order chi connectivity index (χ0) is 22.1. The molecule has 0 atom stereocenters. The Bertz CT molecular complexity index is 856. The fourth-order valence-corrected chi connectivity index (χ4v) is 3.94. The first-order valence-corrected chi connectivity index (χ1v) is 11.4. The van der Waals surface area contributed by atoms with Gasteiger partial charge in [-0.3, -0.25) is 4.90 Å². The molecule has 1 aliphatic rings. The van der Waals surface area contributed by atoms with Crippen molar-refractivity contribution < 1.29 is 13.9 Å². The van der Waals surface area contributed by atoms with Gasteiger partial charge in [-0.05, 0) is 56.2 Å². The third-order valence-electron chi connectivity index (χ3n) is 5.31. The number of nitrogens with zero attached hydrogens (tertiary/aromatic N) is 2. The normalized spacial score (nSPS) is 14.4. The number of nitrogens with one attached hydrogen (secondary N) is 1. The lowest BCUT2D eigenvalue weighted by Crippen LogP contribution is -2.51. The van der Waals surface area contributed by atoms with E-state index < -0.39 is 0 Å². The van der Waals surface area contributed by atoms with Crippen molar-refractivity contribution in [3.05, 3.63) is 59.4 Å². The molecule has 2 aromatic carbocycles. The molecule has 0 amide bonds. The lowest BCUT2D eigenvalue weighted by Gasteiger charge is -2.36. The molecule has 2 aromatic rings. The van der Waals surface area contributed by atoms with Crippen molar-refractivity contribution in [2.75, 3.05) is 45.9 Å². The zero-order valence-corrected chi connectivity index (χ0v) is 19.2. The van der Waals surface area contributed by atoms with Crippen LogP contribution in [-0.4, -0.2) is 60.8 Å². The quantitative estimate of drug-likeness (QED) is 0.591. The Hall–Kier alpha value is -2.38. The van der Waals surface area contributed by atoms with E-state index in [4.69, 9.17) is 21.7 Å². The Labute approximate surface area is 190 Å². The fraction of sp³-hybridized carbons (Fsp3) is 0.458. The maximum atomic E-state index is 13.9. The smallest absolute Gasteiger partial charge is 0.169 e. The molecule has 1 saturated heterocycles. The highest BCUT2D eigenvalue weighted by Crippen LogP contribution is 2.28. The van der Waals surface area contributed by atoms with Crippen molar-refractivity contribution in [2.45, 2.75) is 26.8 Å². The molecule has 1 aliphatic heterocycles. The minimum Gasteiger partial charge on any atom is -0.490 e. The highest BCUT2D eigenvalue weighted by atomic mass is 32.1. The molecule has 0 radical (unpaired) electrons. The number of halogens is 1. The third kappa shape index (κ3) is 6.80. The number of rotatable bonds is 9. The van der Waals surface area contributed by atoms with Gasteiger partial charge in [-0.15, -0.1) is 0 Å². The highest BCUT2D eigenvalue weighted by molar-refractivity contribution is 7.80. The number of ether oxygens (including phenoxy) is 2. The molecule has 0 spiro atoms. The summed E-state index contributed by atoms with van der Waals surface area (Å²) in [4.78, 5) is 4.46. The predicted octanol–water partition coefficient (Wildman–Crippen LogP) is 3.86. The molecule has 1 heterocycles. The van der Waals surface area contributed by atoms with Crippen molar-refractivity contribution in [1.82, 2.24) is 15.1 Å². The summed E-state index contributed by atoms with van der Waals surface area (Å²) >= 11 is 5.59. The van der Waals surface area contributed by atoms with Crippen LogP contribution in [-0.2, 0) is 13.0 Å². The van der Waals surface area contributed by atoms with E-state index in [0.717, 1.165) is 61.3 Å². The molecular formula is C24H32FN3O2S. The summed E-state index contributed by atoms with van der Waals surface area (Å²) in [6.07, 6.45) is 0.847. The van der Waals surface area contributed by atoms with Crippen LogP contribution in [0.2, 0.25) is 0 Å². The molecule has 0 bridgehead atoms. The van der Waals surface area contributed by atoms with E-state index in [1.165, 1.54) is 11.6 Å². The summed E-state index contributed by atoms with van der Waals surface area (Å²) in [6, 6.07) is 13.1. The van der Waals surface area contributed by atoms with Gasteiger partial charge in [0.05, 0.1) is 13.2 Å². The standard InChI is InChI=1S/C24H32FN3O2S/c1-3-29-22-10-9-19(17-23(22)30-4-2)11-12-26-24(31)28-15-13-27(14-16-28)18-20-7-5-6-8-21(20)25/h5-10,17H,3-4,11-16,18H2,1-2H3,(H,26,31). The SMILES string of the molecule is CCOc1ccc(CCNC(=S)N2CCN(Cc3ccccc3F)CC2)cc1OCC. The highest BCUT2D eigenvalue weighted by Gasteiger charge is 2.19. The zero-order valence-electron chi connectivity index (χ0n) is 18.4. The molecule has 1 N–H and O–H groups in total. The van der Waals surface area contributed by atoms with Crippen LogP contribution >= 0.6 is 12.2 Å². The average molecular weight is 446 g/mol. The largest absolute Gasteiger partial charge is 0.490 e. The van der Waals surface area contributed by atoms with Crippen molar-refractivity contribution in [3.63, 3.8) is 0 Å². The first kappa shape index (κ1) is 23.3. The Morgan fingerprint density at radius 3 is 2.42 bits per heavy atom. The van der Waals surface area contributed by atoms with Gasteiger partial charge in [-0.2, -0.15) is 0 Å². The molecule has 0 aromatic heterocycles. The van der Waals surface area contributed by atoms with Gasteiger partial charge in [0.15, 0.2) is 16.6 Å². The average Bonchev–Trinajstić information content (AvgIpc) is 2.78. The molecule has 7 heteroatoms. The van der Waals surface area contributed by atoms with Crippen molar-refractivity contribution >= 4 is 17.3 Å². The fourth-order valence-electron chi connectivity index (χ4n) is 3.65. The Balaban J connectivity index is 1.42. The Morgan fingerprint density at radius 2 is 1.71 bits per heavy atom. The Morgan fingerprint density at radius 1 is 1.00 bits per heavy atom. The number of hydrogen-bond donors (Lipinski definition) is 1. The maximum absolute atomic E-state index is 13.9. The summed E-state index contributed by atoms with van der Waals surface area (Å²) in [5.41, 5.74) is 1.93. The van der Waals surface area contributed by atoms with Crippen molar-refractivity contribution in [2.24, 2.45) is 0 Å². The van der Waals surface area contributed by atoms with E-state index >= 15 is 0 Å². The van der Waals surface area contributed by atoms with Gasteiger partial charge in [0, 0.05) is 44.8 Å². The molecule has 0 unspecified atom stereocenters. The second-order valence-electron chi connectivity index (χ2n) is 7.48. The number of hydrogen-bond acceptors (Lipinski definition) is 4. The Kier molecular flexibility index (Phi) is 8.91. The molecule has 1 fully saturated rings. The van der Waals surface area contributed by atoms with Crippen molar-refractivity contribution in [1.29, 1.82) is 0 Å². The number of piperazine rings is 1. The summed E-state index contributed by atoms with van der Waals surface area (Å²) in [7, 11) is 0. The van der Waals surface area contributed by atoms with E-state index in [1.54, 1.807) is 6.07 Å². The minimum atomic E-state index is -0.135. The monoisotopic (exact) mass is 445 g/mol. The second-order valence-corrected chi connectivity index (χ2v) is 7.87. The van der Waals surface area contributed by atoms with Crippen LogP contribution in [0.15, 0.2) is 42.5 Å². The lowest BCUT2D eigenvalue weighted by molar-refractivity contribution is 0.173. The van der Waals surface area contributed by atoms with Crippen LogP contribution in [0, 0.1) is 5.82 Å². The van der Waals surface area contributed by atoms with Crippen LogP contribution in [0.25, 0.3) is 0 Å². The van der Waals surface area contributed by atoms with E-state index in [0.29, 0.717) is 19.8 Å². The molecule has 0 saturated carbocycles. The van der Waals surface area contributed by atoms with Gasteiger partial charge in [0.1, 0.15) is 5.82 Å². The number of benzene rings is 2. The molecule has 3 rings (SSSR count). The molecule has 31 heavy (non-hydrogen) atoms. The second kappa shape index (κ2) is 11.9. The molecule has 5 nitrogen and oxygen atoms in total. The summed E-state index contributed by atoms with van der Waals surface area (Å²) < 4.78 is 25.2. The minimum absolute atomic E-state index is 0.135. The summed E-state index contributed by atoms with van der Waals surface area (Å²) in [6.45, 7) is 9.98. The van der Waals surface area contributed by atoms with Gasteiger partial charge >= 0.3 is 0 Å². The first-order chi connectivity index (χ1) is 15.1. The van der Waals surface area contributed by atoms with Gasteiger partial charge in [0.2, 0.25) is 0 Å². The molecule has 0 aliphatic carbocycles. The van der Waals surface area contributed by atoms with E-state index in [2.05, 4.69) is 21.2 Å². The van der Waals surface area contributed by atoms with Crippen molar-refractivity contribution in [3.8, 4) is 11.5 Å². The van der Waals surface area contributed by atoms with E-state index in [1.807, 2.05) is 38.1 Å². The first-order valence-electron chi connectivity index (χ1n) is 11.0. The maximum Gasteiger partial charge on any atom is 0.169 e. The lowest BCUT2D eigenvalue weighted by atomic mass is 10.1. The van der Waals surface area contributed by atoms with E-state index in [9.17, 15) is 4.39 Å². The van der Waals surface area contributed by atoms with Crippen LogP contribution in [0.4, 0.5) is 4.39 Å². The van der Waals surface area contributed by atoms with Crippen LogP contribution in [0.3, 0.4) is 0 Å². The van der Waals surface area contributed by atoms with Gasteiger partial charge in [-0.1, -0.05) is 24.3 Å². The van der Waals surface area contributed by atoms with Gasteiger partial charge in [-0.25, -0.2) is 4.39 Å². The number of thiocarbonyl (C=S) groups is 1. The van der Waals surface area contributed by atoms with Gasteiger partial charge < -0.3 is 19.7 Å². The summed E-state index contributed by atoms with van der Waals surface area (Å²) in [5, 5.41) is 4.15. The predicted molar refractivity (Wildman–Crippen MR) is 126 cm³/mol.